The van der Waals surface area contributed by atoms with Gasteiger partial charge in [0.15, 0.2) is 5.69 Å². The van der Waals surface area contributed by atoms with Crippen molar-refractivity contribution >= 4 is 18.1 Å². The molecule has 1 aliphatic carbocycles. The first-order chi connectivity index (χ1) is 22.3. The lowest BCUT2D eigenvalue weighted by molar-refractivity contribution is -0.0999. The molecule has 1 aromatic heterocycles. The summed E-state index contributed by atoms with van der Waals surface area (Å²) < 4.78 is 12.9. The molecular formula is C34H41N5O7. The van der Waals surface area contributed by atoms with E-state index in [4.69, 9.17) is 14.5 Å². The van der Waals surface area contributed by atoms with Gasteiger partial charge in [0.1, 0.15) is 12.2 Å². The van der Waals surface area contributed by atoms with E-state index in [0.717, 1.165) is 24.0 Å². The summed E-state index contributed by atoms with van der Waals surface area (Å²) in [6, 6.07) is 18.6. The van der Waals surface area contributed by atoms with Crippen molar-refractivity contribution in [3.05, 3.63) is 78.2 Å². The van der Waals surface area contributed by atoms with Crippen molar-refractivity contribution in [2.24, 2.45) is 0 Å². The molecule has 0 radical (unpaired) electrons. The van der Waals surface area contributed by atoms with E-state index in [1.165, 1.54) is 4.90 Å². The highest BCUT2D eigenvalue weighted by atomic mass is 16.6. The molecule has 12 heteroatoms. The van der Waals surface area contributed by atoms with Crippen molar-refractivity contribution in [3.8, 4) is 11.3 Å². The normalized spacial score (nSPS) is 23.4. The third-order valence-electron chi connectivity index (χ3n) is 9.37. The molecule has 3 amide bonds. The second-order valence-corrected chi connectivity index (χ2v) is 12.3. The van der Waals surface area contributed by atoms with Gasteiger partial charge in [-0.25, -0.2) is 14.6 Å². The molecule has 6 rings (SSSR count). The lowest BCUT2D eigenvalue weighted by Gasteiger charge is -2.41. The third-order valence-corrected chi connectivity index (χ3v) is 9.37. The fraction of sp³-hybridized carbons (Fsp3) is 0.471. The Morgan fingerprint density at radius 3 is 2.50 bits per heavy atom. The average molecular weight is 632 g/mol. The molecule has 3 fully saturated rings. The Balaban J connectivity index is 1.28. The van der Waals surface area contributed by atoms with Crippen LogP contribution in [0.1, 0.15) is 47.8 Å². The Labute approximate surface area is 268 Å². The van der Waals surface area contributed by atoms with Crippen molar-refractivity contribution in [1.29, 1.82) is 0 Å². The second-order valence-electron chi connectivity index (χ2n) is 12.3. The highest BCUT2D eigenvalue weighted by Gasteiger charge is 2.43. The van der Waals surface area contributed by atoms with Crippen LogP contribution in [0.3, 0.4) is 0 Å². The summed E-state index contributed by atoms with van der Waals surface area (Å²) in [6.45, 7) is 2.29. The molecule has 2 aliphatic heterocycles. The van der Waals surface area contributed by atoms with E-state index >= 15 is 0 Å². The molecule has 3 aromatic rings. The molecule has 244 valence electrons. The predicted octanol–water partition coefficient (Wildman–Crippen LogP) is 3.91. The van der Waals surface area contributed by atoms with Gasteiger partial charge >= 0.3 is 12.2 Å². The number of ether oxygens (including phenoxy) is 2. The van der Waals surface area contributed by atoms with Crippen LogP contribution in [0, 0.1) is 0 Å². The zero-order chi connectivity index (χ0) is 32.1. The zero-order valence-electron chi connectivity index (χ0n) is 25.9. The number of carbonyl (C=O) groups excluding carboxylic acids is 2. The lowest BCUT2D eigenvalue weighted by atomic mass is 9.80. The number of piperazine rings is 1. The first-order valence-corrected chi connectivity index (χ1v) is 16.0. The highest BCUT2D eigenvalue weighted by molar-refractivity contribution is 5.98. The second kappa shape index (κ2) is 13.9. The molecule has 0 spiro atoms. The number of amides is 3. The zero-order valence-corrected chi connectivity index (χ0v) is 25.9. The Morgan fingerprint density at radius 2 is 1.78 bits per heavy atom. The number of hydrogen-bond acceptors (Lipinski definition) is 7. The molecule has 2 aromatic carbocycles. The maximum Gasteiger partial charge on any atom is 0.410 e. The van der Waals surface area contributed by atoms with Gasteiger partial charge in [-0.1, -0.05) is 73.5 Å². The van der Waals surface area contributed by atoms with E-state index in [2.05, 4.69) is 0 Å². The highest BCUT2D eigenvalue weighted by Crippen LogP contribution is 2.41. The maximum atomic E-state index is 14.4. The SMILES string of the molecule is O=C(O)N1CCN(C(=O)c2ncn(C3CCCCC3(O)COCCN3CCOC3=O)c2-c2ccccc2)[C@H](Cc2ccccc2)C1. The minimum absolute atomic E-state index is 0.0759. The van der Waals surface area contributed by atoms with Gasteiger partial charge in [-0.3, -0.25) is 4.79 Å². The molecule has 3 aliphatic rings. The van der Waals surface area contributed by atoms with E-state index in [-0.39, 0.29) is 56.6 Å². The maximum absolute atomic E-state index is 14.4. The minimum atomic E-state index is -1.21. The molecule has 2 N–H and O–H groups in total. The molecule has 2 unspecified atom stereocenters. The number of aliphatic hydroxyl groups is 1. The number of carbonyl (C=O) groups is 3. The van der Waals surface area contributed by atoms with E-state index < -0.39 is 17.7 Å². The van der Waals surface area contributed by atoms with Crippen LogP contribution < -0.4 is 0 Å². The van der Waals surface area contributed by atoms with E-state index in [1.807, 2.05) is 65.2 Å². The quantitative estimate of drug-likeness (QED) is 0.322. The van der Waals surface area contributed by atoms with Crippen molar-refractivity contribution in [3.63, 3.8) is 0 Å². The summed E-state index contributed by atoms with van der Waals surface area (Å²) in [5.41, 5.74) is 1.50. The Morgan fingerprint density at radius 1 is 1.02 bits per heavy atom. The number of nitrogens with zero attached hydrogens (tertiary/aromatic N) is 5. The number of imidazole rings is 1. The monoisotopic (exact) mass is 631 g/mol. The molecule has 0 bridgehead atoms. The summed E-state index contributed by atoms with van der Waals surface area (Å²) in [4.78, 5) is 47.6. The van der Waals surface area contributed by atoms with Crippen LogP contribution in [0.15, 0.2) is 67.0 Å². The summed E-state index contributed by atoms with van der Waals surface area (Å²) in [7, 11) is 0. The summed E-state index contributed by atoms with van der Waals surface area (Å²) >= 11 is 0. The largest absolute Gasteiger partial charge is 0.465 e. The number of benzene rings is 2. The van der Waals surface area contributed by atoms with Crippen molar-refractivity contribution in [2.45, 2.75) is 49.8 Å². The van der Waals surface area contributed by atoms with Crippen LogP contribution in [0.5, 0.6) is 0 Å². The van der Waals surface area contributed by atoms with Gasteiger partial charge in [0, 0.05) is 31.7 Å². The van der Waals surface area contributed by atoms with Crippen LogP contribution in [-0.2, 0) is 15.9 Å². The first kappa shape index (κ1) is 31.6. The molecule has 12 nitrogen and oxygen atoms in total. The molecule has 3 atom stereocenters. The van der Waals surface area contributed by atoms with Gasteiger partial charge in [-0.2, -0.15) is 0 Å². The van der Waals surface area contributed by atoms with Gasteiger partial charge in [0.2, 0.25) is 0 Å². The predicted molar refractivity (Wildman–Crippen MR) is 168 cm³/mol. The van der Waals surface area contributed by atoms with Gasteiger partial charge in [-0.05, 0) is 24.8 Å². The van der Waals surface area contributed by atoms with Crippen molar-refractivity contribution < 1.29 is 34.1 Å². The number of rotatable bonds is 10. The Hall–Kier alpha value is -4.42. The first-order valence-electron chi connectivity index (χ1n) is 16.0. The standard InChI is InChI=1S/C34H41N5O7/c40-31(38-16-15-37(32(41)42)22-27(38)21-25-9-3-1-4-10-25)29-30(26-11-5-2-6-12-26)39(24-35-29)28-13-7-8-14-34(28,44)23-45-19-17-36-18-20-46-33(36)43/h1-6,9-12,24,27-28,44H,7-8,13-23H2,(H,41,42)/t27-,28?,34?/m1/s1. The summed E-state index contributed by atoms with van der Waals surface area (Å²) in [6.07, 6.45) is 3.74. The number of aromatic nitrogens is 2. The van der Waals surface area contributed by atoms with Gasteiger partial charge in [-0.15, -0.1) is 0 Å². The molecule has 1 saturated carbocycles. The molecule has 2 saturated heterocycles. The smallest absolute Gasteiger partial charge is 0.410 e. The number of cyclic esters (lactones) is 1. The summed E-state index contributed by atoms with van der Waals surface area (Å²) in [5, 5.41) is 21.8. The molecule has 46 heavy (non-hydrogen) atoms. The van der Waals surface area contributed by atoms with E-state index in [9.17, 15) is 24.6 Å². The van der Waals surface area contributed by atoms with Crippen LogP contribution in [0.25, 0.3) is 11.3 Å². The average Bonchev–Trinajstić information content (AvgIpc) is 3.70. The van der Waals surface area contributed by atoms with Crippen LogP contribution in [-0.4, -0.2) is 117 Å². The van der Waals surface area contributed by atoms with Crippen LogP contribution >= 0.6 is 0 Å². The van der Waals surface area contributed by atoms with E-state index in [1.54, 1.807) is 16.1 Å². The van der Waals surface area contributed by atoms with Crippen molar-refractivity contribution in [2.75, 3.05) is 52.5 Å². The Kier molecular flexibility index (Phi) is 9.55. The fourth-order valence-electron chi connectivity index (χ4n) is 6.95. The Bertz CT molecular complexity index is 1520. The topological polar surface area (TPSA) is 138 Å². The lowest BCUT2D eigenvalue weighted by Crippen LogP contribution is -2.57. The number of hydrogen-bond donors (Lipinski definition) is 2. The van der Waals surface area contributed by atoms with Gasteiger partial charge < -0.3 is 39.0 Å². The van der Waals surface area contributed by atoms with Gasteiger partial charge in [0.05, 0.1) is 43.9 Å². The molecule has 3 heterocycles. The third kappa shape index (κ3) is 6.73. The van der Waals surface area contributed by atoms with Gasteiger partial charge in [0.25, 0.3) is 5.91 Å². The fourth-order valence-corrected chi connectivity index (χ4v) is 6.95. The number of carboxylic acid groups (broad SMARTS) is 1. The van der Waals surface area contributed by atoms with E-state index in [0.29, 0.717) is 44.7 Å². The van der Waals surface area contributed by atoms with Crippen LogP contribution in [0.2, 0.25) is 0 Å². The summed E-state index contributed by atoms with van der Waals surface area (Å²) in [5.74, 6) is -0.267. The molecular weight excluding hydrogens is 590 g/mol. The van der Waals surface area contributed by atoms with Crippen molar-refractivity contribution in [1.82, 2.24) is 24.3 Å². The van der Waals surface area contributed by atoms with Crippen LogP contribution in [0.4, 0.5) is 9.59 Å². The minimum Gasteiger partial charge on any atom is -0.465 e.